The number of hydrogen-bond donors (Lipinski definition) is 2. The number of H-pyrrole nitrogens is 1. The van der Waals surface area contributed by atoms with Gasteiger partial charge in [-0.05, 0) is 24.1 Å². The minimum absolute atomic E-state index is 0.180. The summed E-state index contributed by atoms with van der Waals surface area (Å²) in [5.41, 5.74) is 2.29. The number of benzene rings is 1. The van der Waals surface area contributed by atoms with Crippen molar-refractivity contribution in [1.29, 1.82) is 0 Å². The van der Waals surface area contributed by atoms with Crippen molar-refractivity contribution >= 4 is 0 Å². The molecule has 20 heavy (non-hydrogen) atoms. The van der Waals surface area contributed by atoms with Crippen LogP contribution in [0.2, 0.25) is 0 Å². The number of aromatic nitrogens is 2. The number of rotatable bonds is 8. The predicted molar refractivity (Wildman–Crippen MR) is 79.0 cm³/mol. The highest BCUT2D eigenvalue weighted by molar-refractivity contribution is 5.20. The van der Waals surface area contributed by atoms with Crippen LogP contribution in [0.25, 0.3) is 0 Å². The van der Waals surface area contributed by atoms with Gasteiger partial charge in [-0.15, -0.1) is 0 Å². The zero-order chi connectivity index (χ0) is 14.2. The predicted octanol–water partition coefficient (Wildman–Crippen LogP) is 3.61. The van der Waals surface area contributed by atoms with Crippen molar-refractivity contribution in [3.63, 3.8) is 0 Å². The van der Waals surface area contributed by atoms with E-state index in [1.165, 1.54) is 25.0 Å². The Kier molecular flexibility index (Phi) is 5.74. The first-order valence-electron chi connectivity index (χ1n) is 7.25. The molecule has 1 aromatic heterocycles. The minimum Gasteiger partial charge on any atom is -0.348 e. The summed E-state index contributed by atoms with van der Waals surface area (Å²) >= 11 is 0. The van der Waals surface area contributed by atoms with Gasteiger partial charge in [-0.3, -0.25) is 0 Å². The monoisotopic (exact) mass is 275 g/mol. The molecule has 1 unspecified atom stereocenters. The van der Waals surface area contributed by atoms with Gasteiger partial charge in [-0.2, -0.15) is 0 Å². The number of nitrogens with zero attached hydrogens (tertiary/aromatic N) is 1. The third-order valence-corrected chi connectivity index (χ3v) is 3.46. The van der Waals surface area contributed by atoms with E-state index < -0.39 is 0 Å². The minimum atomic E-state index is -0.180. The molecule has 1 atom stereocenters. The third-order valence-electron chi connectivity index (χ3n) is 3.46. The molecule has 0 spiro atoms. The Bertz CT molecular complexity index is 479. The topological polar surface area (TPSA) is 40.7 Å². The summed E-state index contributed by atoms with van der Waals surface area (Å²) in [6.07, 6.45) is 7.87. The van der Waals surface area contributed by atoms with Crippen LogP contribution < -0.4 is 5.32 Å². The van der Waals surface area contributed by atoms with Gasteiger partial charge in [-0.25, -0.2) is 9.37 Å². The van der Waals surface area contributed by atoms with E-state index in [9.17, 15) is 4.39 Å². The molecule has 0 bridgehead atoms. The second kappa shape index (κ2) is 7.80. The van der Waals surface area contributed by atoms with E-state index in [2.05, 4.69) is 22.2 Å². The lowest BCUT2D eigenvalue weighted by atomic mass is 10.0. The molecule has 0 saturated carbocycles. The lowest BCUT2D eigenvalue weighted by Crippen LogP contribution is -2.24. The van der Waals surface area contributed by atoms with Crippen LogP contribution in [0.5, 0.6) is 0 Å². The molecule has 0 radical (unpaired) electrons. The fraction of sp³-hybridized carbons (Fsp3) is 0.438. The molecule has 1 heterocycles. The summed E-state index contributed by atoms with van der Waals surface area (Å²) in [7, 11) is 0. The second-order valence-corrected chi connectivity index (χ2v) is 5.03. The second-order valence-electron chi connectivity index (χ2n) is 5.03. The quantitative estimate of drug-likeness (QED) is 0.772. The van der Waals surface area contributed by atoms with Crippen LogP contribution >= 0.6 is 0 Å². The maximum absolute atomic E-state index is 13.0. The van der Waals surface area contributed by atoms with Crippen LogP contribution in [-0.4, -0.2) is 16.5 Å². The molecule has 4 heteroatoms. The van der Waals surface area contributed by atoms with Gasteiger partial charge in [0.25, 0.3) is 0 Å². The van der Waals surface area contributed by atoms with Crippen molar-refractivity contribution in [3.05, 3.63) is 53.9 Å². The van der Waals surface area contributed by atoms with Crippen LogP contribution in [0, 0.1) is 5.82 Å². The zero-order valence-electron chi connectivity index (χ0n) is 11.9. The smallest absolute Gasteiger partial charge is 0.123 e. The molecule has 0 aliphatic rings. The average molecular weight is 275 g/mol. The van der Waals surface area contributed by atoms with Gasteiger partial charge in [0.05, 0.1) is 6.33 Å². The molecule has 2 rings (SSSR count). The average Bonchev–Trinajstić information content (AvgIpc) is 2.97. The summed E-state index contributed by atoms with van der Waals surface area (Å²) in [5, 5.41) is 3.56. The molecule has 2 aromatic rings. The number of halogens is 1. The standard InChI is InChI=1S/C16H22FN3/c1-2-3-4-16(13-5-7-14(17)8-6-13)19-10-9-15-11-18-12-20-15/h5-8,11-12,16,19H,2-4,9-10H2,1H3,(H,18,20). The largest absolute Gasteiger partial charge is 0.348 e. The molecule has 2 N–H and O–H groups in total. The summed E-state index contributed by atoms with van der Waals surface area (Å²) in [5.74, 6) is -0.180. The Balaban J connectivity index is 1.90. The lowest BCUT2D eigenvalue weighted by molar-refractivity contribution is 0.482. The van der Waals surface area contributed by atoms with E-state index in [1.54, 1.807) is 6.33 Å². The van der Waals surface area contributed by atoms with Gasteiger partial charge in [-0.1, -0.05) is 31.9 Å². The van der Waals surface area contributed by atoms with Crippen molar-refractivity contribution < 1.29 is 4.39 Å². The Morgan fingerprint density at radius 2 is 2.10 bits per heavy atom. The first-order chi connectivity index (χ1) is 9.79. The molecule has 0 fully saturated rings. The van der Waals surface area contributed by atoms with Crippen molar-refractivity contribution in [2.45, 2.75) is 38.6 Å². The highest BCUT2D eigenvalue weighted by Gasteiger charge is 2.10. The fourth-order valence-electron chi connectivity index (χ4n) is 2.29. The molecule has 0 aliphatic heterocycles. The molecule has 108 valence electrons. The van der Waals surface area contributed by atoms with Gasteiger partial charge in [0, 0.05) is 30.9 Å². The molecule has 0 saturated heterocycles. The fourth-order valence-corrected chi connectivity index (χ4v) is 2.29. The van der Waals surface area contributed by atoms with Gasteiger partial charge >= 0.3 is 0 Å². The Hall–Kier alpha value is -1.68. The summed E-state index contributed by atoms with van der Waals surface area (Å²) in [6.45, 7) is 3.07. The van der Waals surface area contributed by atoms with Crippen molar-refractivity contribution in [2.75, 3.05) is 6.54 Å². The number of imidazole rings is 1. The first kappa shape index (κ1) is 14.7. The van der Waals surface area contributed by atoms with Crippen LogP contribution in [0.15, 0.2) is 36.8 Å². The van der Waals surface area contributed by atoms with E-state index in [0.717, 1.165) is 30.6 Å². The number of unbranched alkanes of at least 4 members (excludes halogenated alkanes) is 1. The summed E-state index contributed by atoms with van der Waals surface area (Å²) < 4.78 is 13.0. The molecule has 1 aromatic carbocycles. The highest BCUT2D eigenvalue weighted by atomic mass is 19.1. The van der Waals surface area contributed by atoms with Crippen LogP contribution in [0.1, 0.15) is 43.5 Å². The van der Waals surface area contributed by atoms with Crippen molar-refractivity contribution in [3.8, 4) is 0 Å². The molecule has 3 nitrogen and oxygen atoms in total. The van der Waals surface area contributed by atoms with Crippen molar-refractivity contribution in [2.24, 2.45) is 0 Å². The Morgan fingerprint density at radius 3 is 2.75 bits per heavy atom. The van der Waals surface area contributed by atoms with E-state index >= 15 is 0 Å². The summed E-state index contributed by atoms with van der Waals surface area (Å²) in [6, 6.07) is 7.10. The molecular weight excluding hydrogens is 253 g/mol. The molecule has 0 amide bonds. The SMILES string of the molecule is CCCCC(NCCc1cnc[nH]1)c1ccc(F)cc1. The zero-order valence-corrected chi connectivity index (χ0v) is 11.9. The maximum Gasteiger partial charge on any atom is 0.123 e. The molecular formula is C16H22FN3. The molecule has 0 aliphatic carbocycles. The van der Waals surface area contributed by atoms with E-state index in [1.807, 2.05) is 18.3 Å². The van der Waals surface area contributed by atoms with E-state index in [-0.39, 0.29) is 5.82 Å². The van der Waals surface area contributed by atoms with Crippen LogP contribution in [0.4, 0.5) is 4.39 Å². The number of nitrogens with one attached hydrogen (secondary N) is 2. The van der Waals surface area contributed by atoms with Crippen LogP contribution in [-0.2, 0) is 6.42 Å². The third kappa shape index (κ3) is 4.46. The maximum atomic E-state index is 13.0. The lowest BCUT2D eigenvalue weighted by Gasteiger charge is -2.19. The van der Waals surface area contributed by atoms with Gasteiger partial charge in [0.15, 0.2) is 0 Å². The van der Waals surface area contributed by atoms with Gasteiger partial charge in [0.2, 0.25) is 0 Å². The normalized spacial score (nSPS) is 12.5. The van der Waals surface area contributed by atoms with Gasteiger partial charge in [0.1, 0.15) is 5.82 Å². The summed E-state index contributed by atoms with van der Waals surface area (Å²) in [4.78, 5) is 7.11. The Labute approximate surface area is 119 Å². The van der Waals surface area contributed by atoms with Gasteiger partial charge < -0.3 is 10.3 Å². The van der Waals surface area contributed by atoms with Crippen molar-refractivity contribution in [1.82, 2.24) is 15.3 Å². The highest BCUT2D eigenvalue weighted by Crippen LogP contribution is 2.19. The van der Waals surface area contributed by atoms with Crippen LogP contribution in [0.3, 0.4) is 0 Å². The number of aromatic amines is 1. The van der Waals surface area contributed by atoms with E-state index in [4.69, 9.17) is 0 Å². The Morgan fingerprint density at radius 1 is 1.30 bits per heavy atom. The first-order valence-corrected chi connectivity index (χ1v) is 7.25. The number of hydrogen-bond acceptors (Lipinski definition) is 2. The van der Waals surface area contributed by atoms with E-state index in [0.29, 0.717) is 6.04 Å².